The zero-order chi connectivity index (χ0) is 15.9. The number of rotatable bonds is 8. The number of sulfonamides is 1. The van der Waals surface area contributed by atoms with E-state index in [1.807, 2.05) is 0 Å². The van der Waals surface area contributed by atoms with Gasteiger partial charge in [-0.05, 0) is 24.6 Å². The number of aryl methyl sites for hydroxylation is 1. The monoisotopic (exact) mass is 315 g/mol. The lowest BCUT2D eigenvalue weighted by atomic mass is 10.2. The smallest absolute Gasteiger partial charge is 0.240 e. The number of nitrogens with two attached hydrogens (primary N) is 1. The maximum absolute atomic E-state index is 12.0. The summed E-state index contributed by atoms with van der Waals surface area (Å²) in [6.45, 7) is 2.63. The van der Waals surface area contributed by atoms with Crippen LogP contribution in [0, 0.1) is 6.92 Å². The molecule has 118 valence electrons. The summed E-state index contributed by atoms with van der Waals surface area (Å²) in [4.78, 5) is 11.5. The van der Waals surface area contributed by atoms with Crippen LogP contribution in [0.3, 0.4) is 0 Å². The molecule has 1 aromatic rings. The van der Waals surface area contributed by atoms with Crippen molar-refractivity contribution >= 4 is 21.6 Å². The van der Waals surface area contributed by atoms with E-state index in [9.17, 15) is 13.2 Å². The zero-order valence-electron chi connectivity index (χ0n) is 12.2. The van der Waals surface area contributed by atoms with E-state index < -0.39 is 10.0 Å². The molecule has 1 amide bonds. The van der Waals surface area contributed by atoms with Gasteiger partial charge in [0.2, 0.25) is 15.9 Å². The van der Waals surface area contributed by atoms with Crippen LogP contribution in [0.15, 0.2) is 23.1 Å². The number of ether oxygens (including phenoxy) is 1. The van der Waals surface area contributed by atoms with E-state index in [1.54, 1.807) is 13.0 Å². The van der Waals surface area contributed by atoms with Crippen LogP contribution in [-0.2, 0) is 19.6 Å². The first-order valence-electron chi connectivity index (χ1n) is 6.48. The first-order chi connectivity index (χ1) is 9.86. The highest BCUT2D eigenvalue weighted by molar-refractivity contribution is 7.89. The third kappa shape index (κ3) is 5.70. The summed E-state index contributed by atoms with van der Waals surface area (Å²) in [6, 6.07) is 4.52. The van der Waals surface area contributed by atoms with Crippen LogP contribution in [0.2, 0.25) is 0 Å². The Balaban J connectivity index is 2.50. The Morgan fingerprint density at radius 1 is 1.33 bits per heavy atom. The molecule has 0 bridgehead atoms. The number of hydrogen-bond donors (Lipinski definition) is 3. The van der Waals surface area contributed by atoms with Gasteiger partial charge in [0, 0.05) is 32.3 Å². The molecule has 0 spiro atoms. The number of methoxy groups -OCH3 is 1. The number of carbonyl (C=O) groups excluding carboxylic acids is 1. The summed E-state index contributed by atoms with van der Waals surface area (Å²) in [5.74, 6) is -0.238. The number of anilines is 1. The van der Waals surface area contributed by atoms with Crippen molar-refractivity contribution in [3.8, 4) is 0 Å². The Morgan fingerprint density at radius 2 is 2.05 bits per heavy atom. The molecule has 4 N–H and O–H groups in total. The fraction of sp³-hybridized carbons (Fsp3) is 0.462. The number of nitrogen functional groups attached to an aromatic ring is 1. The molecule has 0 unspecified atom stereocenters. The van der Waals surface area contributed by atoms with Crippen molar-refractivity contribution < 1.29 is 17.9 Å². The minimum absolute atomic E-state index is 0.0227. The molecular weight excluding hydrogens is 294 g/mol. The summed E-state index contributed by atoms with van der Waals surface area (Å²) >= 11 is 0. The van der Waals surface area contributed by atoms with Gasteiger partial charge in [0.25, 0.3) is 0 Å². The van der Waals surface area contributed by atoms with Crippen LogP contribution < -0.4 is 15.8 Å². The van der Waals surface area contributed by atoms with Gasteiger partial charge in [-0.2, -0.15) is 0 Å². The normalized spacial score (nSPS) is 11.3. The van der Waals surface area contributed by atoms with Crippen molar-refractivity contribution in [2.45, 2.75) is 18.2 Å². The Kier molecular flexibility index (Phi) is 6.60. The second kappa shape index (κ2) is 7.96. The highest BCUT2D eigenvalue weighted by atomic mass is 32.2. The van der Waals surface area contributed by atoms with E-state index >= 15 is 0 Å². The highest BCUT2D eigenvalue weighted by Crippen LogP contribution is 2.16. The third-order valence-electron chi connectivity index (χ3n) is 2.83. The fourth-order valence-corrected chi connectivity index (χ4v) is 2.62. The first-order valence-corrected chi connectivity index (χ1v) is 7.96. The molecule has 8 heteroatoms. The largest absolute Gasteiger partial charge is 0.398 e. The second-order valence-corrected chi connectivity index (χ2v) is 6.28. The van der Waals surface area contributed by atoms with Gasteiger partial charge >= 0.3 is 0 Å². The van der Waals surface area contributed by atoms with Crippen LogP contribution in [0.1, 0.15) is 12.0 Å². The Bertz CT molecular complexity index is 587. The number of hydrogen-bond acceptors (Lipinski definition) is 5. The van der Waals surface area contributed by atoms with Crippen molar-refractivity contribution in [2.75, 3.05) is 32.5 Å². The summed E-state index contributed by atoms with van der Waals surface area (Å²) in [6.07, 6.45) is 0.0598. The number of carbonyl (C=O) groups is 1. The lowest BCUT2D eigenvalue weighted by molar-refractivity contribution is -0.121. The average Bonchev–Trinajstić information content (AvgIpc) is 2.42. The predicted molar refractivity (Wildman–Crippen MR) is 80.3 cm³/mol. The van der Waals surface area contributed by atoms with E-state index in [1.165, 1.54) is 19.2 Å². The quantitative estimate of drug-likeness (QED) is 0.462. The fourth-order valence-electron chi connectivity index (χ4n) is 1.55. The first kappa shape index (κ1) is 17.4. The summed E-state index contributed by atoms with van der Waals surface area (Å²) in [7, 11) is -2.12. The molecule has 1 rings (SSSR count). The van der Waals surface area contributed by atoms with Gasteiger partial charge in [0.05, 0.1) is 11.5 Å². The molecule has 0 radical (unpaired) electrons. The number of amides is 1. The number of benzene rings is 1. The molecule has 0 saturated carbocycles. The molecule has 0 saturated heterocycles. The molecule has 0 atom stereocenters. The molecule has 7 nitrogen and oxygen atoms in total. The van der Waals surface area contributed by atoms with Gasteiger partial charge < -0.3 is 15.8 Å². The minimum atomic E-state index is -3.66. The summed E-state index contributed by atoms with van der Waals surface area (Å²) in [5, 5.41) is 2.61. The molecule has 0 aliphatic heterocycles. The molecule has 0 aliphatic carbocycles. The Morgan fingerprint density at radius 3 is 2.67 bits per heavy atom. The topological polar surface area (TPSA) is 111 Å². The van der Waals surface area contributed by atoms with Gasteiger partial charge in [-0.15, -0.1) is 0 Å². The summed E-state index contributed by atoms with van der Waals surface area (Å²) < 4.78 is 31.2. The van der Waals surface area contributed by atoms with Crippen molar-refractivity contribution in [1.82, 2.24) is 10.0 Å². The molecular formula is C13H21N3O4S. The maximum atomic E-state index is 12.0. The SMILES string of the molecule is COCCNC(=O)CCNS(=O)(=O)c1ccc(C)c(N)c1. The standard InChI is InChI=1S/C13H21N3O4S/c1-10-3-4-11(9-12(10)14)21(18,19)16-6-5-13(17)15-7-8-20-2/h3-4,9,16H,5-8,14H2,1-2H3,(H,15,17). The van der Waals surface area contributed by atoms with Crippen LogP contribution in [-0.4, -0.2) is 41.1 Å². The Hall–Kier alpha value is -1.64. The van der Waals surface area contributed by atoms with Crippen LogP contribution >= 0.6 is 0 Å². The van der Waals surface area contributed by atoms with E-state index in [2.05, 4.69) is 10.0 Å². The molecule has 0 fully saturated rings. The van der Waals surface area contributed by atoms with Gasteiger partial charge in [-0.1, -0.05) is 6.07 Å². The van der Waals surface area contributed by atoms with Gasteiger partial charge in [-0.3, -0.25) is 4.79 Å². The van der Waals surface area contributed by atoms with Gasteiger partial charge in [-0.25, -0.2) is 13.1 Å². The van der Waals surface area contributed by atoms with Gasteiger partial charge in [0.1, 0.15) is 0 Å². The number of nitrogens with one attached hydrogen (secondary N) is 2. The van der Waals surface area contributed by atoms with Crippen molar-refractivity contribution in [1.29, 1.82) is 0 Å². The van der Waals surface area contributed by atoms with Gasteiger partial charge in [0.15, 0.2) is 0 Å². The minimum Gasteiger partial charge on any atom is -0.398 e. The lowest BCUT2D eigenvalue weighted by Crippen LogP contribution is -2.32. The lowest BCUT2D eigenvalue weighted by Gasteiger charge is -2.09. The van der Waals surface area contributed by atoms with Crippen molar-refractivity contribution in [3.63, 3.8) is 0 Å². The van der Waals surface area contributed by atoms with Crippen molar-refractivity contribution in [2.24, 2.45) is 0 Å². The zero-order valence-corrected chi connectivity index (χ0v) is 13.0. The molecule has 0 aromatic heterocycles. The molecule has 21 heavy (non-hydrogen) atoms. The highest BCUT2D eigenvalue weighted by Gasteiger charge is 2.14. The van der Waals surface area contributed by atoms with E-state index in [4.69, 9.17) is 10.5 Å². The maximum Gasteiger partial charge on any atom is 0.240 e. The van der Waals surface area contributed by atoms with E-state index in [0.29, 0.717) is 18.8 Å². The molecule has 0 heterocycles. The van der Waals surface area contributed by atoms with E-state index in [0.717, 1.165) is 5.56 Å². The average molecular weight is 315 g/mol. The molecule has 1 aromatic carbocycles. The van der Waals surface area contributed by atoms with Crippen molar-refractivity contribution in [3.05, 3.63) is 23.8 Å². The van der Waals surface area contributed by atoms with E-state index in [-0.39, 0.29) is 23.8 Å². The van der Waals surface area contributed by atoms with Crippen LogP contribution in [0.5, 0.6) is 0 Å². The van der Waals surface area contributed by atoms with Crippen LogP contribution in [0.25, 0.3) is 0 Å². The third-order valence-corrected chi connectivity index (χ3v) is 4.29. The summed E-state index contributed by atoms with van der Waals surface area (Å²) in [5.41, 5.74) is 6.92. The predicted octanol–water partition coefficient (Wildman–Crippen LogP) is 0.00822. The van der Waals surface area contributed by atoms with Crippen LogP contribution in [0.4, 0.5) is 5.69 Å². The second-order valence-electron chi connectivity index (χ2n) is 4.51. The molecule has 0 aliphatic rings. The Labute approximate surface area is 124 Å².